The molecule has 1 atom stereocenters. The Morgan fingerprint density at radius 1 is 2.20 bits per heavy atom. The minimum absolute atomic E-state index is 0.0903. The molecule has 0 aliphatic rings. The van der Waals surface area contributed by atoms with E-state index in [4.69, 9.17) is 5.65 Å². The summed E-state index contributed by atoms with van der Waals surface area (Å²) >= 11 is 0. The predicted octanol–water partition coefficient (Wildman–Crippen LogP) is -0.708. The van der Waals surface area contributed by atoms with Crippen LogP contribution in [-0.4, -0.2) is 12.6 Å². The van der Waals surface area contributed by atoms with Gasteiger partial charge in [0.2, 0.25) is 0 Å². The molecular weight excluding hydrogens is 64.0 g/mol. The van der Waals surface area contributed by atoms with Crippen LogP contribution in [0.5, 0.6) is 0 Å². The summed E-state index contributed by atoms with van der Waals surface area (Å²) in [5.41, 5.74) is 0.941. The molecule has 0 aromatic heterocycles. The Kier molecular flexibility index (Phi) is 0.524. The summed E-state index contributed by atoms with van der Waals surface area (Å²) in [5.74, 6) is 0. The number of hydrogen-bond donors (Lipinski definition) is 2. The van der Waals surface area contributed by atoms with Crippen LogP contribution in [0.1, 0.15) is 6.92 Å². The van der Waals surface area contributed by atoms with Crippen molar-refractivity contribution in [2.24, 2.45) is 11.4 Å². The predicted molar refractivity (Wildman–Crippen MR) is 22.7 cm³/mol. The quantitative estimate of drug-likeness (QED) is 0.468. The van der Waals surface area contributed by atoms with E-state index in [-0.39, 0.29) is 12.6 Å². The summed E-state index contributed by atoms with van der Waals surface area (Å²) in [5, 5.41) is 0. The van der Waals surface area contributed by atoms with E-state index in [2.05, 4.69) is 0 Å². The van der Waals surface area contributed by atoms with E-state index >= 15 is 0 Å². The molecule has 1 unspecified atom stereocenters. The lowest BCUT2D eigenvalue weighted by Gasteiger charge is -1.92. The van der Waals surface area contributed by atoms with Crippen LogP contribution in [0.4, 0.5) is 0 Å². The second-order valence-corrected chi connectivity index (χ2v) is 1.03. The Morgan fingerprint density at radius 2 is 3.00 bits per heavy atom. The van der Waals surface area contributed by atoms with Crippen molar-refractivity contribution in [1.82, 2.24) is 0 Å². The van der Waals surface area contributed by atoms with Crippen molar-refractivity contribution in [3.63, 3.8) is 0 Å². The second-order valence-electron chi connectivity index (χ2n) is 1.03. The fourth-order valence-electron chi connectivity index (χ4n) is 0. The molecule has 0 heterocycles. The normalized spacial score (nSPS) is 27.8. The van der Waals surface area contributed by atoms with E-state index < -0.39 is 0 Å². The van der Waals surface area contributed by atoms with Gasteiger partial charge in [0.1, 0.15) is 5.65 Å². The molecular formula is C3H10N2. The first-order chi connectivity index (χ1) is 4.04. The van der Waals surface area contributed by atoms with Crippen LogP contribution < -0.4 is 11.4 Å². The third kappa shape index (κ3) is 3.92. The molecule has 4 N–H and O–H groups in total. The lowest BCUT2D eigenvalue weighted by Crippen LogP contribution is -2.25. The van der Waals surface area contributed by atoms with Crippen molar-refractivity contribution < 1.29 is 5.65 Å². The second kappa shape index (κ2) is 2.18. The van der Waals surface area contributed by atoms with Gasteiger partial charge in [-0.3, -0.25) is 0 Å². The molecule has 0 spiro atoms. The molecule has 0 bridgehead atoms. The van der Waals surface area contributed by atoms with Gasteiger partial charge in [-0.15, -0.1) is 0 Å². The standard InChI is InChI=1S/C3H10N2/c1-3(5)2-4/h3H,2,4-5H2,1H3/i/hD4. The highest BCUT2D eigenvalue weighted by molar-refractivity contribution is 4.48. The molecule has 0 aromatic carbocycles. The van der Waals surface area contributed by atoms with Crippen LogP contribution in [0.3, 0.4) is 0 Å². The van der Waals surface area contributed by atoms with Crippen molar-refractivity contribution in [1.29, 1.82) is 0 Å². The van der Waals surface area contributed by atoms with E-state index in [1.54, 1.807) is 6.92 Å². The molecule has 2 nitrogen and oxygen atoms in total. The van der Waals surface area contributed by atoms with E-state index in [0.29, 0.717) is 11.4 Å². The van der Waals surface area contributed by atoms with Crippen molar-refractivity contribution in [3.05, 3.63) is 0 Å². The summed E-state index contributed by atoms with van der Waals surface area (Å²) in [4.78, 5) is 0. The molecule has 2 heteroatoms. The average Bonchev–Trinajstić information content (AvgIpc) is 1.63. The van der Waals surface area contributed by atoms with Crippen molar-refractivity contribution in [2.45, 2.75) is 13.0 Å². The van der Waals surface area contributed by atoms with Gasteiger partial charge < -0.3 is 11.4 Å². The van der Waals surface area contributed by atoms with Gasteiger partial charge in [-0.25, -0.2) is 0 Å². The molecule has 0 radical (unpaired) electrons. The molecule has 0 rings (SSSR count). The molecule has 0 amide bonds. The van der Waals surface area contributed by atoms with Gasteiger partial charge in [0.25, 0.3) is 0 Å². The van der Waals surface area contributed by atoms with Crippen LogP contribution in [0, 0.1) is 0 Å². The minimum Gasteiger partial charge on any atom is -0.329 e. The van der Waals surface area contributed by atoms with Gasteiger partial charge in [-0.2, -0.15) is 0 Å². The van der Waals surface area contributed by atoms with Gasteiger partial charge in [0.15, 0.2) is 0 Å². The maximum atomic E-state index is 6.68. The van der Waals surface area contributed by atoms with Crippen molar-refractivity contribution >= 4 is 0 Å². The molecule has 0 aliphatic heterocycles. The lowest BCUT2D eigenvalue weighted by molar-refractivity contribution is 0.752. The molecule has 0 fully saturated rings. The SMILES string of the molecule is [2H]N([2H])CC(C)N([2H])[2H]. The third-order valence-electron chi connectivity index (χ3n) is 0.264. The first-order valence-corrected chi connectivity index (χ1v) is 1.56. The molecule has 32 valence electrons. The Labute approximate surface area is 38.0 Å². The Balaban J connectivity index is 3.38. The maximum absolute atomic E-state index is 6.68. The molecule has 5 heavy (non-hydrogen) atoms. The third-order valence-corrected chi connectivity index (χ3v) is 0.264. The minimum atomic E-state index is -0.389. The molecule has 0 aliphatic carbocycles. The summed E-state index contributed by atoms with van der Waals surface area (Å²) in [6.45, 7) is 1.70. The van der Waals surface area contributed by atoms with E-state index in [1.807, 2.05) is 0 Å². The van der Waals surface area contributed by atoms with Crippen LogP contribution in [0.2, 0.25) is 5.65 Å². The maximum Gasteiger partial charge on any atom is 0.119 e. The first kappa shape index (κ1) is 1.21. The van der Waals surface area contributed by atoms with Crippen LogP contribution >= 0.6 is 0 Å². The Bertz CT molecular complexity index is 76.2. The van der Waals surface area contributed by atoms with E-state index in [1.165, 1.54) is 0 Å². The topological polar surface area (TPSA) is 52.0 Å². The summed E-state index contributed by atoms with van der Waals surface area (Å²) in [6.07, 6.45) is 0. The van der Waals surface area contributed by atoms with Crippen LogP contribution in [-0.2, 0) is 0 Å². The monoisotopic (exact) mass is 78.1 g/mol. The highest BCUT2D eigenvalue weighted by Crippen LogP contribution is 1.59. The summed E-state index contributed by atoms with van der Waals surface area (Å²) in [7, 11) is 0. The molecule has 0 saturated heterocycles. The van der Waals surface area contributed by atoms with E-state index in [9.17, 15) is 0 Å². The van der Waals surface area contributed by atoms with Crippen LogP contribution in [0.15, 0.2) is 0 Å². The summed E-state index contributed by atoms with van der Waals surface area (Å²) < 4.78 is 26.6. The van der Waals surface area contributed by atoms with Gasteiger partial charge in [-0.05, 0) is 6.92 Å². The highest BCUT2D eigenvalue weighted by atomic mass is 14.7. The molecule has 0 aromatic rings. The van der Waals surface area contributed by atoms with Gasteiger partial charge in [0, 0.05) is 12.6 Å². The van der Waals surface area contributed by atoms with Gasteiger partial charge in [0.05, 0.1) is 0 Å². The zero-order valence-electron chi connectivity index (χ0n) is 7.18. The average molecular weight is 78.2 g/mol. The largest absolute Gasteiger partial charge is 0.329 e. The fraction of sp³-hybridized carbons (Fsp3) is 1.00. The van der Waals surface area contributed by atoms with E-state index in [0.717, 1.165) is 0 Å². The van der Waals surface area contributed by atoms with Gasteiger partial charge >= 0.3 is 0 Å². The zero-order chi connectivity index (χ0) is 7.44. The number of nitrogens with two attached hydrogens (primary N) is 2. The zero-order valence-corrected chi connectivity index (χ0v) is 3.18. The Morgan fingerprint density at radius 3 is 3.20 bits per heavy atom. The first-order valence-electron chi connectivity index (χ1n) is 3.35. The number of rotatable bonds is 3. The fourth-order valence-corrected chi connectivity index (χ4v) is 0. The number of hydrogen-bond acceptors (Lipinski definition) is 2. The Hall–Kier alpha value is -0.0800. The van der Waals surface area contributed by atoms with Crippen molar-refractivity contribution in [3.8, 4) is 0 Å². The smallest absolute Gasteiger partial charge is 0.119 e. The van der Waals surface area contributed by atoms with Crippen molar-refractivity contribution in [2.75, 3.05) is 6.54 Å². The summed E-state index contributed by atoms with van der Waals surface area (Å²) in [6, 6.07) is -0.389. The highest BCUT2D eigenvalue weighted by Gasteiger charge is 1.79. The van der Waals surface area contributed by atoms with Gasteiger partial charge in [-0.1, -0.05) is 0 Å². The molecule has 0 saturated carbocycles. The lowest BCUT2D eigenvalue weighted by atomic mass is 10.4. The van der Waals surface area contributed by atoms with Crippen LogP contribution in [0.25, 0.3) is 0 Å².